The predicted molar refractivity (Wildman–Crippen MR) is 72.3 cm³/mol. The topological polar surface area (TPSA) is 49.3 Å². The van der Waals surface area contributed by atoms with Crippen molar-refractivity contribution in [3.8, 4) is 0 Å². The van der Waals surface area contributed by atoms with Crippen LogP contribution in [0.1, 0.15) is 16.8 Å². The molecule has 0 aliphatic carbocycles. The maximum Gasteiger partial charge on any atom is 0.337 e. The van der Waals surface area contributed by atoms with E-state index < -0.39 is 5.97 Å². The summed E-state index contributed by atoms with van der Waals surface area (Å²) in [6.07, 6.45) is 1.20. The number of rotatable bonds is 4. The number of hydrogen-bond donors (Lipinski definition) is 2. The Morgan fingerprint density at radius 1 is 1.59 bits per heavy atom. The van der Waals surface area contributed by atoms with E-state index in [1.54, 1.807) is 12.1 Å². The van der Waals surface area contributed by atoms with E-state index in [1.807, 2.05) is 11.8 Å². The van der Waals surface area contributed by atoms with Gasteiger partial charge in [-0.1, -0.05) is 11.6 Å². The first kappa shape index (κ1) is 12.6. The standard InChI is InChI=1S/C12H14ClNO2S/c13-9-1-2-10(12(15)16)11(5-9)14-6-8-3-4-17-7-8/h1-2,5,8,14H,3-4,6-7H2,(H,15,16). The Hall–Kier alpha value is -0.870. The van der Waals surface area contributed by atoms with Crippen molar-refractivity contribution in [2.24, 2.45) is 5.92 Å². The second kappa shape index (κ2) is 5.65. The van der Waals surface area contributed by atoms with Crippen molar-refractivity contribution in [2.45, 2.75) is 6.42 Å². The molecule has 0 saturated carbocycles. The smallest absolute Gasteiger partial charge is 0.337 e. The maximum absolute atomic E-state index is 11.0. The zero-order chi connectivity index (χ0) is 12.3. The first-order valence-electron chi connectivity index (χ1n) is 5.51. The van der Waals surface area contributed by atoms with Crippen LogP contribution in [0.5, 0.6) is 0 Å². The van der Waals surface area contributed by atoms with Gasteiger partial charge in [0.15, 0.2) is 0 Å². The first-order chi connectivity index (χ1) is 8.16. The molecular formula is C12H14ClNO2S. The van der Waals surface area contributed by atoms with Gasteiger partial charge in [0.05, 0.1) is 11.3 Å². The number of benzene rings is 1. The summed E-state index contributed by atoms with van der Waals surface area (Å²) in [4.78, 5) is 11.0. The van der Waals surface area contributed by atoms with E-state index in [0.717, 1.165) is 12.3 Å². The third kappa shape index (κ3) is 3.30. The number of anilines is 1. The van der Waals surface area contributed by atoms with Crippen molar-refractivity contribution in [3.05, 3.63) is 28.8 Å². The number of nitrogens with one attached hydrogen (secondary N) is 1. The van der Waals surface area contributed by atoms with E-state index in [4.69, 9.17) is 16.7 Å². The Morgan fingerprint density at radius 2 is 2.41 bits per heavy atom. The lowest BCUT2D eigenvalue weighted by Crippen LogP contribution is -2.15. The molecule has 1 aromatic rings. The van der Waals surface area contributed by atoms with Crippen molar-refractivity contribution in [2.75, 3.05) is 23.4 Å². The van der Waals surface area contributed by atoms with Gasteiger partial charge in [-0.15, -0.1) is 0 Å². The molecule has 2 rings (SSSR count). The number of aromatic carboxylic acids is 1. The minimum absolute atomic E-state index is 0.278. The van der Waals surface area contributed by atoms with Gasteiger partial charge < -0.3 is 10.4 Å². The van der Waals surface area contributed by atoms with Crippen LogP contribution >= 0.6 is 23.4 Å². The second-order valence-corrected chi connectivity index (χ2v) is 5.69. The quantitative estimate of drug-likeness (QED) is 0.883. The number of carboxylic acids is 1. The van der Waals surface area contributed by atoms with Crippen LogP contribution in [0.3, 0.4) is 0 Å². The lowest BCUT2D eigenvalue weighted by atomic mass is 10.1. The summed E-state index contributed by atoms with van der Waals surface area (Å²) < 4.78 is 0. The lowest BCUT2D eigenvalue weighted by molar-refractivity contribution is 0.0698. The van der Waals surface area contributed by atoms with E-state index in [-0.39, 0.29) is 5.56 Å². The molecule has 5 heteroatoms. The number of thioether (sulfide) groups is 1. The van der Waals surface area contributed by atoms with Crippen LogP contribution in [0, 0.1) is 5.92 Å². The molecule has 1 aliphatic heterocycles. The highest BCUT2D eigenvalue weighted by atomic mass is 35.5. The van der Waals surface area contributed by atoms with Crippen molar-refractivity contribution in [3.63, 3.8) is 0 Å². The summed E-state index contributed by atoms with van der Waals surface area (Å²) in [5.74, 6) is 2.05. The highest BCUT2D eigenvalue weighted by molar-refractivity contribution is 7.99. The molecule has 0 aromatic heterocycles. The van der Waals surface area contributed by atoms with Crippen LogP contribution in [0.25, 0.3) is 0 Å². The van der Waals surface area contributed by atoms with E-state index in [1.165, 1.54) is 18.2 Å². The summed E-state index contributed by atoms with van der Waals surface area (Å²) in [6, 6.07) is 4.81. The molecule has 0 radical (unpaired) electrons. The summed E-state index contributed by atoms with van der Waals surface area (Å²) >= 11 is 7.83. The highest BCUT2D eigenvalue weighted by Crippen LogP contribution is 2.26. The maximum atomic E-state index is 11.0. The molecule has 17 heavy (non-hydrogen) atoms. The van der Waals surface area contributed by atoms with E-state index >= 15 is 0 Å². The Labute approximate surface area is 110 Å². The Morgan fingerprint density at radius 3 is 3.06 bits per heavy atom. The third-order valence-electron chi connectivity index (χ3n) is 2.82. The van der Waals surface area contributed by atoms with Gasteiger partial charge in [-0.3, -0.25) is 0 Å². The fourth-order valence-electron chi connectivity index (χ4n) is 1.85. The fraction of sp³-hybridized carbons (Fsp3) is 0.417. The van der Waals surface area contributed by atoms with E-state index in [9.17, 15) is 4.79 Å². The molecule has 1 saturated heterocycles. The van der Waals surface area contributed by atoms with Crippen molar-refractivity contribution in [1.29, 1.82) is 0 Å². The van der Waals surface area contributed by atoms with Gasteiger partial charge in [-0.2, -0.15) is 11.8 Å². The molecule has 2 N–H and O–H groups in total. The lowest BCUT2D eigenvalue weighted by Gasteiger charge is -2.13. The SMILES string of the molecule is O=C(O)c1ccc(Cl)cc1NCC1CCSC1. The van der Waals surface area contributed by atoms with Crippen molar-refractivity contribution >= 4 is 35.0 Å². The Kier molecular flexibility index (Phi) is 4.18. The summed E-state index contributed by atoms with van der Waals surface area (Å²) in [5, 5.41) is 12.8. The number of hydrogen-bond acceptors (Lipinski definition) is 3. The van der Waals surface area contributed by atoms with Crippen LogP contribution in [0.15, 0.2) is 18.2 Å². The number of carboxylic acid groups (broad SMARTS) is 1. The van der Waals surface area contributed by atoms with Gasteiger partial charge in [0.2, 0.25) is 0 Å². The van der Waals surface area contributed by atoms with Gasteiger partial charge in [-0.25, -0.2) is 4.79 Å². The zero-order valence-electron chi connectivity index (χ0n) is 9.28. The molecule has 0 spiro atoms. The normalized spacial score (nSPS) is 19.2. The fourth-order valence-corrected chi connectivity index (χ4v) is 3.30. The zero-order valence-corrected chi connectivity index (χ0v) is 10.9. The molecule has 0 bridgehead atoms. The Balaban J connectivity index is 2.07. The van der Waals surface area contributed by atoms with Crippen LogP contribution in [-0.2, 0) is 0 Å². The molecule has 3 nitrogen and oxygen atoms in total. The minimum atomic E-state index is -0.926. The largest absolute Gasteiger partial charge is 0.478 e. The van der Waals surface area contributed by atoms with Crippen molar-refractivity contribution in [1.82, 2.24) is 0 Å². The number of halogens is 1. The van der Waals surface area contributed by atoms with Gasteiger partial charge in [0.25, 0.3) is 0 Å². The second-order valence-electron chi connectivity index (χ2n) is 4.11. The van der Waals surface area contributed by atoms with Crippen molar-refractivity contribution < 1.29 is 9.90 Å². The van der Waals surface area contributed by atoms with Gasteiger partial charge in [0, 0.05) is 11.6 Å². The van der Waals surface area contributed by atoms with E-state index in [0.29, 0.717) is 16.6 Å². The summed E-state index contributed by atoms with van der Waals surface area (Å²) in [5.41, 5.74) is 0.891. The molecule has 1 heterocycles. The predicted octanol–water partition coefficient (Wildman–Crippen LogP) is 3.20. The average molecular weight is 272 g/mol. The molecule has 1 unspecified atom stereocenters. The monoisotopic (exact) mass is 271 g/mol. The first-order valence-corrected chi connectivity index (χ1v) is 7.04. The van der Waals surface area contributed by atoms with Crippen LogP contribution in [-0.4, -0.2) is 29.1 Å². The molecule has 0 amide bonds. The molecule has 1 aliphatic rings. The highest BCUT2D eigenvalue weighted by Gasteiger charge is 2.16. The third-order valence-corrected chi connectivity index (χ3v) is 4.28. The molecule has 92 valence electrons. The van der Waals surface area contributed by atoms with Gasteiger partial charge in [-0.05, 0) is 42.0 Å². The van der Waals surface area contributed by atoms with Gasteiger partial charge in [0.1, 0.15) is 0 Å². The van der Waals surface area contributed by atoms with E-state index in [2.05, 4.69) is 5.32 Å². The van der Waals surface area contributed by atoms with Crippen LogP contribution in [0.2, 0.25) is 5.02 Å². The summed E-state index contributed by atoms with van der Waals surface area (Å²) in [6.45, 7) is 0.813. The molecule has 1 aromatic carbocycles. The van der Waals surface area contributed by atoms with Crippen LogP contribution < -0.4 is 5.32 Å². The van der Waals surface area contributed by atoms with Gasteiger partial charge >= 0.3 is 5.97 Å². The molecular weight excluding hydrogens is 258 g/mol. The minimum Gasteiger partial charge on any atom is -0.478 e. The number of carbonyl (C=O) groups is 1. The van der Waals surface area contributed by atoms with Crippen LogP contribution in [0.4, 0.5) is 5.69 Å². The Bertz CT molecular complexity index is 419. The summed E-state index contributed by atoms with van der Waals surface area (Å²) in [7, 11) is 0. The molecule has 1 fully saturated rings. The molecule has 1 atom stereocenters. The average Bonchev–Trinajstić information content (AvgIpc) is 2.78.